The van der Waals surface area contributed by atoms with Crippen molar-refractivity contribution in [2.45, 2.75) is 58.0 Å². The molecule has 27 heavy (non-hydrogen) atoms. The Balaban J connectivity index is 1.87. The van der Waals surface area contributed by atoms with Gasteiger partial charge < -0.3 is 21.7 Å². The van der Waals surface area contributed by atoms with E-state index in [-0.39, 0.29) is 36.2 Å². The van der Waals surface area contributed by atoms with Crippen LogP contribution in [0.2, 0.25) is 0 Å². The highest BCUT2D eigenvalue weighted by Gasteiger charge is 2.26. The summed E-state index contributed by atoms with van der Waals surface area (Å²) in [5, 5.41) is 16.4. The first-order valence-corrected chi connectivity index (χ1v) is 9.65. The normalized spacial score (nSPS) is 15.8. The van der Waals surface area contributed by atoms with Gasteiger partial charge in [-0.25, -0.2) is 0 Å². The van der Waals surface area contributed by atoms with Gasteiger partial charge in [-0.2, -0.15) is 0 Å². The van der Waals surface area contributed by atoms with E-state index in [9.17, 15) is 9.59 Å². The molecule has 1 aromatic rings. The first kappa shape index (κ1) is 20.7. The number of amides is 2. The maximum absolute atomic E-state index is 12.6. The van der Waals surface area contributed by atoms with Crippen molar-refractivity contribution in [2.75, 3.05) is 11.9 Å². The van der Waals surface area contributed by atoms with E-state index in [1.165, 1.54) is 6.42 Å². The number of hydrogen-bond donors (Lipinski definition) is 5. The van der Waals surface area contributed by atoms with Gasteiger partial charge in [-0.1, -0.05) is 45.2 Å². The molecule has 7 nitrogen and oxygen atoms in total. The summed E-state index contributed by atoms with van der Waals surface area (Å²) in [6.07, 6.45) is 5.55. The number of anilines is 1. The summed E-state index contributed by atoms with van der Waals surface area (Å²) in [6.45, 7) is 3.89. The third kappa shape index (κ3) is 6.58. The second-order valence-electron chi connectivity index (χ2n) is 7.48. The first-order valence-electron chi connectivity index (χ1n) is 9.65. The third-order valence-electron chi connectivity index (χ3n) is 4.84. The molecule has 2 amide bonds. The van der Waals surface area contributed by atoms with E-state index in [4.69, 9.17) is 11.1 Å². The van der Waals surface area contributed by atoms with Gasteiger partial charge in [-0.15, -0.1) is 0 Å². The molecule has 0 aromatic heterocycles. The molecule has 1 aliphatic rings. The number of nitrogens with two attached hydrogens (primary N) is 1. The van der Waals surface area contributed by atoms with Gasteiger partial charge in [0.25, 0.3) is 0 Å². The number of rotatable bonds is 8. The predicted octanol–water partition coefficient (Wildman–Crippen LogP) is 1.97. The van der Waals surface area contributed by atoms with E-state index in [1.807, 2.05) is 13.8 Å². The summed E-state index contributed by atoms with van der Waals surface area (Å²) in [4.78, 5) is 24.9. The highest BCUT2D eigenvalue weighted by atomic mass is 16.2. The molecule has 1 aromatic carbocycles. The monoisotopic (exact) mass is 373 g/mol. The molecule has 148 valence electrons. The number of carbonyl (C=O) groups is 2. The van der Waals surface area contributed by atoms with Crippen LogP contribution in [0.25, 0.3) is 0 Å². The molecule has 0 heterocycles. The molecule has 1 aliphatic carbocycles. The van der Waals surface area contributed by atoms with E-state index in [2.05, 4.69) is 16.0 Å². The van der Waals surface area contributed by atoms with Crippen LogP contribution in [0.3, 0.4) is 0 Å². The summed E-state index contributed by atoms with van der Waals surface area (Å²) < 4.78 is 0. The number of hydrogen-bond acceptors (Lipinski definition) is 4. The van der Waals surface area contributed by atoms with Gasteiger partial charge >= 0.3 is 0 Å². The van der Waals surface area contributed by atoms with E-state index in [0.29, 0.717) is 11.3 Å². The molecule has 6 N–H and O–H groups in total. The minimum absolute atomic E-state index is 0.00131. The van der Waals surface area contributed by atoms with Crippen LogP contribution in [0.15, 0.2) is 24.3 Å². The Labute approximate surface area is 161 Å². The first-order chi connectivity index (χ1) is 12.9. The lowest BCUT2D eigenvalue weighted by Crippen LogP contribution is -2.53. The Hall–Kier alpha value is -2.57. The SMILES string of the molecule is CC(C)C(NC(=O)CNc1cccc(C(=N)N)c1)C(=O)NC1CCCCC1. The minimum atomic E-state index is -0.551. The molecule has 0 radical (unpaired) electrons. The zero-order valence-electron chi connectivity index (χ0n) is 16.2. The fraction of sp³-hybridized carbons (Fsp3) is 0.550. The lowest BCUT2D eigenvalue weighted by Gasteiger charge is -2.27. The fourth-order valence-electron chi connectivity index (χ4n) is 3.28. The van der Waals surface area contributed by atoms with Crippen molar-refractivity contribution in [1.82, 2.24) is 10.6 Å². The standard InChI is InChI=1S/C20H31N5O2/c1-13(2)18(20(27)24-15-8-4-3-5-9-15)25-17(26)12-23-16-10-6-7-14(11-16)19(21)22/h6-7,10-11,13,15,18,23H,3-5,8-9,12H2,1-2H3,(H3,21,22)(H,24,27)(H,25,26). The average molecular weight is 374 g/mol. The predicted molar refractivity (Wildman–Crippen MR) is 108 cm³/mol. The molecule has 2 rings (SSSR count). The number of nitrogen functional groups attached to an aromatic ring is 1. The number of nitrogens with one attached hydrogen (secondary N) is 4. The maximum atomic E-state index is 12.6. The van der Waals surface area contributed by atoms with Gasteiger partial charge in [-0.05, 0) is 30.9 Å². The zero-order valence-corrected chi connectivity index (χ0v) is 16.2. The van der Waals surface area contributed by atoms with Crippen LogP contribution in [0.1, 0.15) is 51.5 Å². The molecule has 1 fully saturated rings. The summed E-state index contributed by atoms with van der Waals surface area (Å²) in [5.41, 5.74) is 6.77. The summed E-state index contributed by atoms with van der Waals surface area (Å²) >= 11 is 0. The van der Waals surface area contributed by atoms with Crippen LogP contribution in [-0.2, 0) is 9.59 Å². The smallest absolute Gasteiger partial charge is 0.243 e. The molecule has 1 saturated carbocycles. The molecule has 7 heteroatoms. The van der Waals surface area contributed by atoms with Gasteiger partial charge in [0, 0.05) is 17.3 Å². The van der Waals surface area contributed by atoms with Crippen molar-refractivity contribution in [3.05, 3.63) is 29.8 Å². The van der Waals surface area contributed by atoms with Crippen LogP contribution in [-0.4, -0.2) is 36.3 Å². The molecular formula is C20H31N5O2. The number of carbonyl (C=O) groups excluding carboxylic acids is 2. The number of amidine groups is 1. The van der Waals surface area contributed by atoms with Gasteiger partial charge in [0.2, 0.25) is 11.8 Å². The van der Waals surface area contributed by atoms with Crippen molar-refractivity contribution < 1.29 is 9.59 Å². The molecule has 0 spiro atoms. The Morgan fingerprint density at radius 3 is 2.56 bits per heavy atom. The summed E-state index contributed by atoms with van der Waals surface area (Å²) in [5.74, 6) is -0.384. The van der Waals surface area contributed by atoms with Gasteiger partial charge in [0.05, 0.1) is 6.54 Å². The summed E-state index contributed by atoms with van der Waals surface area (Å²) in [7, 11) is 0. The average Bonchev–Trinajstić information content (AvgIpc) is 2.65. The Kier molecular flexibility index (Phi) is 7.64. The molecule has 0 bridgehead atoms. The lowest BCUT2D eigenvalue weighted by atomic mass is 9.94. The zero-order chi connectivity index (χ0) is 19.8. The Bertz CT molecular complexity index is 668. The van der Waals surface area contributed by atoms with E-state index in [0.717, 1.165) is 25.7 Å². The van der Waals surface area contributed by atoms with Crippen LogP contribution in [0.5, 0.6) is 0 Å². The summed E-state index contributed by atoms with van der Waals surface area (Å²) in [6, 6.07) is 6.69. The Morgan fingerprint density at radius 2 is 1.93 bits per heavy atom. The van der Waals surface area contributed by atoms with Gasteiger partial charge in [0.15, 0.2) is 0 Å². The molecule has 0 saturated heterocycles. The molecule has 1 unspecified atom stereocenters. The largest absolute Gasteiger partial charge is 0.384 e. The highest BCUT2D eigenvalue weighted by Crippen LogP contribution is 2.18. The highest BCUT2D eigenvalue weighted by molar-refractivity contribution is 5.96. The van der Waals surface area contributed by atoms with Crippen molar-refractivity contribution in [2.24, 2.45) is 11.7 Å². The Morgan fingerprint density at radius 1 is 1.22 bits per heavy atom. The van der Waals surface area contributed by atoms with Crippen molar-refractivity contribution in [1.29, 1.82) is 5.41 Å². The van der Waals surface area contributed by atoms with E-state index >= 15 is 0 Å². The number of benzene rings is 1. The lowest BCUT2D eigenvalue weighted by molar-refractivity contribution is -0.129. The third-order valence-corrected chi connectivity index (χ3v) is 4.84. The maximum Gasteiger partial charge on any atom is 0.243 e. The minimum Gasteiger partial charge on any atom is -0.384 e. The van der Waals surface area contributed by atoms with E-state index < -0.39 is 6.04 Å². The van der Waals surface area contributed by atoms with Gasteiger partial charge in [-0.3, -0.25) is 15.0 Å². The van der Waals surface area contributed by atoms with Crippen molar-refractivity contribution >= 4 is 23.3 Å². The second kappa shape index (κ2) is 9.94. The van der Waals surface area contributed by atoms with E-state index in [1.54, 1.807) is 24.3 Å². The second-order valence-corrected chi connectivity index (χ2v) is 7.48. The quantitative estimate of drug-likeness (QED) is 0.353. The van der Waals surface area contributed by atoms with Crippen LogP contribution >= 0.6 is 0 Å². The fourth-order valence-corrected chi connectivity index (χ4v) is 3.28. The van der Waals surface area contributed by atoms with Gasteiger partial charge in [0.1, 0.15) is 11.9 Å². The van der Waals surface area contributed by atoms with Crippen molar-refractivity contribution in [3.63, 3.8) is 0 Å². The van der Waals surface area contributed by atoms with Crippen LogP contribution in [0, 0.1) is 11.3 Å². The molecular weight excluding hydrogens is 342 g/mol. The topological polar surface area (TPSA) is 120 Å². The molecule has 1 atom stereocenters. The molecule has 0 aliphatic heterocycles. The van der Waals surface area contributed by atoms with Crippen molar-refractivity contribution in [3.8, 4) is 0 Å². The van der Waals surface area contributed by atoms with Crippen LogP contribution < -0.4 is 21.7 Å². The van der Waals surface area contributed by atoms with Crippen LogP contribution in [0.4, 0.5) is 5.69 Å².